The van der Waals surface area contributed by atoms with Crippen LogP contribution in [0.1, 0.15) is 55.4 Å². The predicted molar refractivity (Wildman–Crippen MR) is 129 cm³/mol. The molecule has 170 valence electrons. The van der Waals surface area contributed by atoms with E-state index in [1.807, 2.05) is 6.07 Å². The Labute approximate surface area is 201 Å². The number of carbonyl (C=O) groups is 2. The van der Waals surface area contributed by atoms with Crippen molar-refractivity contribution in [1.82, 2.24) is 4.90 Å². The first kappa shape index (κ1) is 22.1. The Bertz CT molecular complexity index is 1370. The summed E-state index contributed by atoms with van der Waals surface area (Å²) in [5.74, 6) is -0.957. The van der Waals surface area contributed by atoms with Crippen LogP contribution in [0.3, 0.4) is 0 Å². The van der Waals surface area contributed by atoms with Crippen molar-refractivity contribution in [3.8, 4) is 6.07 Å². The molecule has 1 atom stereocenters. The van der Waals surface area contributed by atoms with Gasteiger partial charge in [-0.15, -0.1) is 11.3 Å². The summed E-state index contributed by atoms with van der Waals surface area (Å²) in [5.41, 5.74) is 5.02. The van der Waals surface area contributed by atoms with E-state index in [2.05, 4.69) is 30.1 Å². The van der Waals surface area contributed by atoms with Crippen molar-refractivity contribution < 1.29 is 14.0 Å². The largest absolute Gasteiger partial charge is 0.330 e. The van der Waals surface area contributed by atoms with Crippen LogP contribution in [0.25, 0.3) is 0 Å². The van der Waals surface area contributed by atoms with Gasteiger partial charge in [-0.05, 0) is 65.6 Å². The van der Waals surface area contributed by atoms with Crippen molar-refractivity contribution in [2.75, 3.05) is 5.32 Å². The lowest BCUT2D eigenvalue weighted by Gasteiger charge is -2.24. The molecule has 1 N–H and O–H groups in total. The first-order valence-electron chi connectivity index (χ1n) is 11.1. The zero-order valence-electron chi connectivity index (χ0n) is 18.4. The summed E-state index contributed by atoms with van der Waals surface area (Å²) in [6.45, 7) is 4.78. The monoisotopic (exact) mass is 471 g/mol. The quantitative estimate of drug-likeness (QED) is 0.524. The molecule has 0 radical (unpaired) electrons. The summed E-state index contributed by atoms with van der Waals surface area (Å²) in [6.07, 6.45) is 3.72. The maximum Gasteiger partial charge on any atom is 0.259 e. The van der Waals surface area contributed by atoms with E-state index in [1.54, 1.807) is 11.0 Å². The zero-order chi connectivity index (χ0) is 23.8. The number of benzene rings is 2. The minimum absolute atomic E-state index is 0.0471. The first-order chi connectivity index (χ1) is 16.5. The van der Waals surface area contributed by atoms with E-state index >= 15 is 0 Å². The number of amides is 2. The number of halogens is 1. The van der Waals surface area contributed by atoms with E-state index in [4.69, 9.17) is 0 Å². The predicted octanol–water partition coefficient (Wildman–Crippen LogP) is 5.31. The zero-order valence-corrected chi connectivity index (χ0v) is 19.3. The molecule has 1 aromatic heterocycles. The van der Waals surface area contributed by atoms with Crippen LogP contribution >= 0.6 is 11.3 Å². The number of hydrogen-bond acceptors (Lipinski definition) is 4. The molecule has 2 aromatic carbocycles. The molecule has 2 amide bonds. The summed E-state index contributed by atoms with van der Waals surface area (Å²) >= 11 is 1.40. The molecule has 1 aliphatic carbocycles. The van der Waals surface area contributed by atoms with Crippen LogP contribution in [0.2, 0.25) is 0 Å². The molecule has 3 aromatic rings. The summed E-state index contributed by atoms with van der Waals surface area (Å²) in [6, 6.07) is 14.3. The highest BCUT2D eigenvalue weighted by Gasteiger charge is 2.31. The van der Waals surface area contributed by atoms with Gasteiger partial charge in [0.25, 0.3) is 5.91 Å². The second-order valence-corrected chi connectivity index (χ2v) is 9.68. The van der Waals surface area contributed by atoms with Gasteiger partial charge in [0.15, 0.2) is 0 Å². The van der Waals surface area contributed by atoms with E-state index in [0.717, 1.165) is 29.7 Å². The Morgan fingerprint density at radius 2 is 2.00 bits per heavy atom. The van der Waals surface area contributed by atoms with E-state index < -0.39 is 11.7 Å². The molecule has 0 spiro atoms. The molecule has 5 nitrogen and oxygen atoms in total. The molecule has 0 fully saturated rings. The molecule has 0 bridgehead atoms. The van der Waals surface area contributed by atoms with Crippen molar-refractivity contribution >= 4 is 28.2 Å². The van der Waals surface area contributed by atoms with Crippen molar-refractivity contribution in [2.45, 2.75) is 38.3 Å². The van der Waals surface area contributed by atoms with Crippen molar-refractivity contribution in [2.24, 2.45) is 0 Å². The van der Waals surface area contributed by atoms with Gasteiger partial charge >= 0.3 is 0 Å². The van der Waals surface area contributed by atoms with Crippen LogP contribution < -0.4 is 5.32 Å². The standard InChI is InChI=1S/C27H22FN3O2S/c1-2-25(32)31-14-17-6-5-8-18(22(17)15-31)16-10-11-19-21(13-29)27(34-24(19)12-16)30-26(33)20-7-3-4-9-23(20)28/h2-9,16H,1,10-12,14-15H2,(H,30,33). The van der Waals surface area contributed by atoms with Crippen molar-refractivity contribution in [3.05, 3.63) is 99.2 Å². The van der Waals surface area contributed by atoms with E-state index in [1.165, 1.54) is 52.3 Å². The van der Waals surface area contributed by atoms with Crippen LogP contribution in [0.15, 0.2) is 55.1 Å². The van der Waals surface area contributed by atoms with Crippen LogP contribution in [-0.2, 0) is 30.7 Å². The van der Waals surface area contributed by atoms with Crippen LogP contribution in [-0.4, -0.2) is 16.7 Å². The molecule has 1 unspecified atom stereocenters. The Morgan fingerprint density at radius 1 is 1.18 bits per heavy atom. The number of anilines is 1. The number of thiophene rings is 1. The van der Waals surface area contributed by atoms with Gasteiger partial charge in [-0.3, -0.25) is 9.59 Å². The molecule has 7 heteroatoms. The number of nitrogens with zero attached hydrogens (tertiary/aromatic N) is 2. The lowest BCUT2D eigenvalue weighted by molar-refractivity contribution is -0.126. The molecule has 1 aliphatic heterocycles. The number of nitriles is 1. The number of nitrogens with one attached hydrogen (secondary N) is 1. The SMILES string of the molecule is C=CC(=O)N1Cc2cccc(C3CCc4c(sc(NC(=O)c5ccccc5F)c4C#N)C3)c2C1. The minimum Gasteiger partial charge on any atom is -0.330 e. The lowest BCUT2D eigenvalue weighted by Crippen LogP contribution is -2.23. The Morgan fingerprint density at radius 3 is 2.76 bits per heavy atom. The summed E-state index contributed by atoms with van der Waals surface area (Å²) in [5, 5.41) is 13.0. The number of hydrogen-bond donors (Lipinski definition) is 1. The number of fused-ring (bicyclic) bond motifs is 2. The second kappa shape index (κ2) is 8.88. The highest BCUT2D eigenvalue weighted by atomic mass is 32.1. The van der Waals surface area contributed by atoms with E-state index in [9.17, 15) is 19.2 Å². The highest BCUT2D eigenvalue weighted by molar-refractivity contribution is 7.16. The Balaban J connectivity index is 1.41. The summed E-state index contributed by atoms with van der Waals surface area (Å²) in [7, 11) is 0. The third kappa shape index (κ3) is 3.80. The fourth-order valence-electron chi connectivity index (χ4n) is 4.99. The van der Waals surface area contributed by atoms with Gasteiger partial charge in [-0.2, -0.15) is 5.26 Å². The number of carbonyl (C=O) groups excluding carboxylic acids is 2. The van der Waals surface area contributed by atoms with Gasteiger partial charge in [0.1, 0.15) is 16.9 Å². The van der Waals surface area contributed by atoms with Gasteiger partial charge in [-0.25, -0.2) is 4.39 Å². The van der Waals surface area contributed by atoms with Gasteiger partial charge in [0.2, 0.25) is 5.91 Å². The van der Waals surface area contributed by atoms with E-state index in [0.29, 0.717) is 23.7 Å². The van der Waals surface area contributed by atoms with Gasteiger partial charge in [0, 0.05) is 18.0 Å². The van der Waals surface area contributed by atoms with E-state index in [-0.39, 0.29) is 17.4 Å². The second-order valence-electron chi connectivity index (χ2n) is 8.58. The van der Waals surface area contributed by atoms with Crippen LogP contribution in [0, 0.1) is 17.1 Å². The van der Waals surface area contributed by atoms with Gasteiger partial charge < -0.3 is 10.2 Å². The van der Waals surface area contributed by atoms with Gasteiger partial charge in [-0.1, -0.05) is 36.9 Å². The summed E-state index contributed by atoms with van der Waals surface area (Å²) in [4.78, 5) is 27.7. The molecule has 5 rings (SSSR count). The Hall–Kier alpha value is -3.76. The number of rotatable bonds is 4. The molecular weight excluding hydrogens is 449 g/mol. The third-order valence-electron chi connectivity index (χ3n) is 6.67. The molecule has 0 saturated carbocycles. The Kier molecular flexibility index (Phi) is 5.76. The molecule has 34 heavy (non-hydrogen) atoms. The molecule has 0 saturated heterocycles. The average molecular weight is 472 g/mol. The fourth-order valence-corrected chi connectivity index (χ4v) is 6.26. The van der Waals surface area contributed by atoms with Crippen molar-refractivity contribution in [3.63, 3.8) is 0 Å². The normalized spacial score (nSPS) is 16.4. The van der Waals surface area contributed by atoms with Crippen molar-refractivity contribution in [1.29, 1.82) is 5.26 Å². The smallest absolute Gasteiger partial charge is 0.259 e. The maximum absolute atomic E-state index is 14.0. The topological polar surface area (TPSA) is 73.2 Å². The first-order valence-corrected chi connectivity index (χ1v) is 11.9. The summed E-state index contributed by atoms with van der Waals surface area (Å²) < 4.78 is 14.0. The third-order valence-corrected chi connectivity index (χ3v) is 7.84. The maximum atomic E-state index is 14.0. The molecular formula is C27H22FN3O2S. The molecule has 2 aliphatic rings. The molecule has 2 heterocycles. The fraction of sp³-hybridized carbons (Fsp3) is 0.222. The van der Waals surface area contributed by atoms with Crippen LogP contribution in [0.5, 0.6) is 0 Å². The lowest BCUT2D eigenvalue weighted by atomic mass is 9.80. The van der Waals surface area contributed by atoms with Gasteiger partial charge in [0.05, 0.1) is 11.1 Å². The minimum atomic E-state index is -0.596. The van der Waals surface area contributed by atoms with Crippen LogP contribution in [0.4, 0.5) is 9.39 Å². The average Bonchev–Trinajstić information content (AvgIpc) is 3.44. The highest BCUT2D eigenvalue weighted by Crippen LogP contribution is 2.44.